The first kappa shape index (κ1) is 11.5. The average Bonchev–Trinajstić information content (AvgIpc) is 2.31. The smallest absolute Gasteiger partial charge is 0.142 e. The molecule has 2 heteroatoms. The molecule has 0 radical (unpaired) electrons. The van der Waals surface area contributed by atoms with E-state index in [9.17, 15) is 4.79 Å². The van der Waals surface area contributed by atoms with Crippen molar-refractivity contribution >= 4 is 6.29 Å². The first-order valence-corrected chi connectivity index (χ1v) is 5.07. The Morgan fingerprint density at radius 2 is 2.00 bits per heavy atom. The van der Waals surface area contributed by atoms with Crippen molar-refractivity contribution in [3.63, 3.8) is 0 Å². The fourth-order valence-corrected chi connectivity index (χ4v) is 1.51. The van der Waals surface area contributed by atoms with Crippen molar-refractivity contribution < 1.29 is 9.53 Å². The van der Waals surface area contributed by atoms with E-state index >= 15 is 0 Å². The molecule has 0 aliphatic carbocycles. The van der Waals surface area contributed by atoms with Gasteiger partial charge < -0.3 is 4.74 Å². The van der Waals surface area contributed by atoms with Crippen LogP contribution in [0.25, 0.3) is 0 Å². The Kier molecular flexibility index (Phi) is 4.61. The summed E-state index contributed by atoms with van der Waals surface area (Å²) in [6, 6.07) is 7.93. The molecule has 1 rings (SSSR count). The molecule has 0 fully saturated rings. The highest BCUT2D eigenvalue weighted by molar-refractivity contribution is 5.65. The quantitative estimate of drug-likeness (QED) is 0.544. The molecule has 0 aliphatic heterocycles. The molecule has 0 N–H and O–H groups in total. The summed E-state index contributed by atoms with van der Waals surface area (Å²) in [4.78, 5) is 10.3. The molecule has 80 valence electrons. The first-order valence-electron chi connectivity index (χ1n) is 5.07. The van der Waals surface area contributed by atoms with Crippen LogP contribution < -0.4 is 4.74 Å². The third-order valence-corrected chi connectivity index (χ3v) is 2.41. The van der Waals surface area contributed by atoms with Gasteiger partial charge in [-0.05, 0) is 30.2 Å². The number of hydrogen-bond acceptors (Lipinski definition) is 2. The van der Waals surface area contributed by atoms with Crippen molar-refractivity contribution in [3.8, 4) is 5.75 Å². The van der Waals surface area contributed by atoms with E-state index in [4.69, 9.17) is 4.74 Å². The standard InChI is InChI=1S/C13H16O2/c1-3-11(5-4-10-14)12-6-8-13(15-2)9-7-12/h4-11H,3H2,1-2H3. The van der Waals surface area contributed by atoms with Crippen molar-refractivity contribution in [3.05, 3.63) is 42.0 Å². The molecule has 0 spiro atoms. The Hall–Kier alpha value is -1.57. The van der Waals surface area contributed by atoms with Crippen LogP contribution in [-0.4, -0.2) is 13.4 Å². The minimum Gasteiger partial charge on any atom is -0.497 e. The molecule has 1 unspecified atom stereocenters. The van der Waals surface area contributed by atoms with Crippen molar-refractivity contribution in [2.45, 2.75) is 19.3 Å². The fourth-order valence-electron chi connectivity index (χ4n) is 1.51. The van der Waals surface area contributed by atoms with E-state index in [1.54, 1.807) is 13.2 Å². The van der Waals surface area contributed by atoms with Crippen LogP contribution in [0.3, 0.4) is 0 Å². The lowest BCUT2D eigenvalue weighted by Crippen LogP contribution is -1.93. The van der Waals surface area contributed by atoms with Gasteiger partial charge in [-0.3, -0.25) is 4.79 Å². The van der Waals surface area contributed by atoms with Gasteiger partial charge in [0.05, 0.1) is 7.11 Å². The summed E-state index contributed by atoms with van der Waals surface area (Å²) in [7, 11) is 1.65. The summed E-state index contributed by atoms with van der Waals surface area (Å²) < 4.78 is 5.09. The molecule has 0 saturated carbocycles. The van der Waals surface area contributed by atoms with Crippen molar-refractivity contribution in [2.75, 3.05) is 7.11 Å². The maximum absolute atomic E-state index is 10.3. The molecule has 1 atom stereocenters. The van der Waals surface area contributed by atoms with E-state index in [0.717, 1.165) is 18.5 Å². The van der Waals surface area contributed by atoms with Gasteiger partial charge in [0, 0.05) is 5.92 Å². The molecule has 1 aromatic carbocycles. The summed E-state index contributed by atoms with van der Waals surface area (Å²) in [5.74, 6) is 1.16. The van der Waals surface area contributed by atoms with Crippen LogP contribution in [0.4, 0.5) is 0 Å². The van der Waals surface area contributed by atoms with Gasteiger partial charge in [0.1, 0.15) is 12.0 Å². The molecule has 0 heterocycles. The Morgan fingerprint density at radius 3 is 2.47 bits per heavy atom. The lowest BCUT2D eigenvalue weighted by Gasteiger charge is -2.10. The predicted octanol–water partition coefficient (Wildman–Crippen LogP) is 2.94. The van der Waals surface area contributed by atoms with E-state index in [1.807, 2.05) is 30.3 Å². The van der Waals surface area contributed by atoms with E-state index in [1.165, 1.54) is 5.56 Å². The van der Waals surface area contributed by atoms with E-state index in [0.29, 0.717) is 5.92 Å². The zero-order valence-corrected chi connectivity index (χ0v) is 9.14. The van der Waals surface area contributed by atoms with Crippen LogP contribution in [-0.2, 0) is 4.79 Å². The van der Waals surface area contributed by atoms with Gasteiger partial charge in [0.2, 0.25) is 0 Å². The van der Waals surface area contributed by atoms with Crippen molar-refractivity contribution in [2.24, 2.45) is 0 Å². The Morgan fingerprint density at radius 1 is 1.33 bits per heavy atom. The van der Waals surface area contributed by atoms with Crippen LogP contribution in [0.2, 0.25) is 0 Å². The number of rotatable bonds is 5. The minimum absolute atomic E-state index is 0.307. The van der Waals surface area contributed by atoms with Crippen LogP contribution in [0.1, 0.15) is 24.8 Å². The largest absolute Gasteiger partial charge is 0.497 e. The molecular weight excluding hydrogens is 188 g/mol. The van der Waals surface area contributed by atoms with E-state index < -0.39 is 0 Å². The summed E-state index contributed by atoms with van der Waals surface area (Å²) in [6.45, 7) is 2.10. The van der Waals surface area contributed by atoms with Gasteiger partial charge in [-0.2, -0.15) is 0 Å². The molecule has 1 aromatic rings. The number of hydrogen-bond donors (Lipinski definition) is 0. The highest BCUT2D eigenvalue weighted by atomic mass is 16.5. The number of methoxy groups -OCH3 is 1. The van der Waals surface area contributed by atoms with Gasteiger partial charge in [0.25, 0.3) is 0 Å². The molecule has 0 saturated heterocycles. The molecule has 2 nitrogen and oxygen atoms in total. The zero-order chi connectivity index (χ0) is 11.1. The van der Waals surface area contributed by atoms with Gasteiger partial charge in [-0.15, -0.1) is 0 Å². The Balaban J connectivity index is 2.82. The number of aldehydes is 1. The highest BCUT2D eigenvalue weighted by Gasteiger charge is 2.04. The number of carbonyl (C=O) groups is 1. The van der Waals surface area contributed by atoms with Gasteiger partial charge >= 0.3 is 0 Å². The monoisotopic (exact) mass is 204 g/mol. The number of ether oxygens (including phenoxy) is 1. The third-order valence-electron chi connectivity index (χ3n) is 2.41. The second-order valence-corrected chi connectivity index (χ2v) is 3.31. The lowest BCUT2D eigenvalue weighted by molar-refractivity contribution is -0.104. The minimum atomic E-state index is 0.307. The summed E-state index contributed by atoms with van der Waals surface area (Å²) in [5, 5.41) is 0. The molecule has 0 amide bonds. The van der Waals surface area contributed by atoms with Crippen LogP contribution in [0, 0.1) is 0 Å². The number of carbonyl (C=O) groups excluding carboxylic acids is 1. The summed E-state index contributed by atoms with van der Waals surface area (Å²) in [5.41, 5.74) is 1.21. The highest BCUT2D eigenvalue weighted by Crippen LogP contribution is 2.23. The molecule has 15 heavy (non-hydrogen) atoms. The zero-order valence-electron chi connectivity index (χ0n) is 9.14. The summed E-state index contributed by atoms with van der Waals surface area (Å²) in [6.07, 6.45) is 5.27. The molecule has 0 aliphatic rings. The number of benzene rings is 1. The second kappa shape index (κ2) is 6.02. The SMILES string of the molecule is CCC(C=CC=O)c1ccc(OC)cc1. The van der Waals surface area contributed by atoms with Crippen molar-refractivity contribution in [1.29, 1.82) is 0 Å². The predicted molar refractivity (Wildman–Crippen MR) is 61.2 cm³/mol. The van der Waals surface area contributed by atoms with Crippen LogP contribution in [0.15, 0.2) is 36.4 Å². The van der Waals surface area contributed by atoms with Crippen LogP contribution in [0.5, 0.6) is 5.75 Å². The third kappa shape index (κ3) is 3.24. The maximum Gasteiger partial charge on any atom is 0.142 e. The van der Waals surface area contributed by atoms with E-state index in [2.05, 4.69) is 6.92 Å². The maximum atomic E-state index is 10.3. The van der Waals surface area contributed by atoms with Gasteiger partial charge in [-0.1, -0.05) is 25.1 Å². The first-order chi connectivity index (χ1) is 7.31. The second-order valence-electron chi connectivity index (χ2n) is 3.31. The van der Waals surface area contributed by atoms with Gasteiger partial charge in [-0.25, -0.2) is 0 Å². The summed E-state index contributed by atoms with van der Waals surface area (Å²) >= 11 is 0. The van der Waals surface area contributed by atoms with Crippen LogP contribution >= 0.6 is 0 Å². The molecule has 0 aromatic heterocycles. The molecule has 0 bridgehead atoms. The Labute approximate surface area is 90.6 Å². The lowest BCUT2D eigenvalue weighted by atomic mass is 9.96. The topological polar surface area (TPSA) is 26.3 Å². The van der Waals surface area contributed by atoms with Gasteiger partial charge in [0.15, 0.2) is 0 Å². The Bertz CT molecular complexity index is 325. The normalized spacial score (nSPS) is 12.7. The molecular formula is C13H16O2. The number of allylic oxidation sites excluding steroid dienone is 2. The fraction of sp³-hybridized carbons (Fsp3) is 0.308. The average molecular weight is 204 g/mol. The van der Waals surface area contributed by atoms with Crippen molar-refractivity contribution in [1.82, 2.24) is 0 Å². The van der Waals surface area contributed by atoms with E-state index in [-0.39, 0.29) is 0 Å².